The molecule has 1 saturated carbocycles. The van der Waals surface area contributed by atoms with E-state index in [2.05, 4.69) is 6.07 Å². The predicted molar refractivity (Wildman–Crippen MR) is 123 cm³/mol. The first-order valence-electron chi connectivity index (χ1n) is 11.1. The van der Waals surface area contributed by atoms with Gasteiger partial charge in [0.15, 0.2) is 0 Å². The fraction of sp³-hybridized carbons (Fsp3) is 0.286. The van der Waals surface area contributed by atoms with E-state index in [1.54, 1.807) is 19.2 Å². The number of methoxy groups -OCH3 is 1. The van der Waals surface area contributed by atoms with Gasteiger partial charge in [-0.1, -0.05) is 54.6 Å². The lowest BCUT2D eigenvalue weighted by molar-refractivity contribution is -0.115. The van der Waals surface area contributed by atoms with Crippen LogP contribution in [-0.2, 0) is 22.4 Å². The van der Waals surface area contributed by atoms with Crippen LogP contribution in [0.3, 0.4) is 0 Å². The molecule has 0 bridgehead atoms. The van der Waals surface area contributed by atoms with Crippen LogP contribution in [-0.4, -0.2) is 25.5 Å². The molecule has 4 nitrogen and oxygen atoms in total. The van der Waals surface area contributed by atoms with Crippen molar-refractivity contribution in [3.05, 3.63) is 89.5 Å². The van der Waals surface area contributed by atoms with Gasteiger partial charge in [-0.3, -0.25) is 0 Å². The number of carbonyl (C=O) groups excluding carboxylic acids is 2. The normalized spacial score (nSPS) is 23.7. The molecule has 0 spiro atoms. The van der Waals surface area contributed by atoms with Crippen LogP contribution < -0.4 is 4.74 Å². The number of carbonyl (C=O) groups is 2. The largest absolute Gasteiger partial charge is 0.496 e. The summed E-state index contributed by atoms with van der Waals surface area (Å²) >= 11 is 0. The lowest BCUT2D eigenvalue weighted by Gasteiger charge is -2.30. The van der Waals surface area contributed by atoms with Crippen LogP contribution in [0.5, 0.6) is 5.75 Å². The zero-order valence-corrected chi connectivity index (χ0v) is 18.1. The molecule has 5 rings (SSSR count). The highest BCUT2D eigenvalue weighted by Gasteiger charge is 2.47. The number of aldehydes is 1. The van der Waals surface area contributed by atoms with E-state index in [1.807, 2.05) is 54.6 Å². The Morgan fingerprint density at radius 3 is 2.38 bits per heavy atom. The smallest absolute Gasteiger partial charge is 0.338 e. The minimum absolute atomic E-state index is 0.199. The second-order valence-corrected chi connectivity index (χ2v) is 8.77. The highest BCUT2D eigenvalue weighted by Crippen LogP contribution is 2.47. The van der Waals surface area contributed by atoms with Crippen molar-refractivity contribution in [1.29, 1.82) is 0 Å². The Bertz CT molecular complexity index is 1120. The van der Waals surface area contributed by atoms with Gasteiger partial charge >= 0.3 is 5.97 Å². The number of ether oxygens (including phenoxy) is 2. The third kappa shape index (κ3) is 3.70. The lowest BCUT2D eigenvalue weighted by Crippen LogP contribution is -2.29. The summed E-state index contributed by atoms with van der Waals surface area (Å²) in [6.07, 6.45) is 2.99. The summed E-state index contributed by atoms with van der Waals surface area (Å²) in [5, 5.41) is 0. The zero-order valence-electron chi connectivity index (χ0n) is 18.1. The second-order valence-electron chi connectivity index (χ2n) is 8.77. The van der Waals surface area contributed by atoms with Gasteiger partial charge in [-0.25, -0.2) is 4.79 Å². The first-order chi connectivity index (χ1) is 15.7. The van der Waals surface area contributed by atoms with E-state index in [0.29, 0.717) is 17.9 Å². The van der Waals surface area contributed by atoms with E-state index >= 15 is 0 Å². The molecule has 0 amide bonds. The molecule has 4 atom stereocenters. The quantitative estimate of drug-likeness (QED) is 0.419. The van der Waals surface area contributed by atoms with Crippen LogP contribution in [0.4, 0.5) is 0 Å². The summed E-state index contributed by atoms with van der Waals surface area (Å²) in [6, 6.07) is 23.6. The molecule has 0 N–H and O–H groups in total. The Balaban J connectivity index is 1.31. The van der Waals surface area contributed by atoms with Gasteiger partial charge < -0.3 is 14.3 Å². The summed E-state index contributed by atoms with van der Waals surface area (Å²) in [5.74, 6) is 0.780. The van der Waals surface area contributed by atoms with Gasteiger partial charge in [-0.05, 0) is 71.6 Å². The van der Waals surface area contributed by atoms with Crippen molar-refractivity contribution >= 4 is 12.3 Å². The van der Waals surface area contributed by atoms with Crippen LogP contribution >= 0.6 is 0 Å². The van der Waals surface area contributed by atoms with Gasteiger partial charge in [0.05, 0.1) is 18.6 Å². The summed E-state index contributed by atoms with van der Waals surface area (Å²) in [7, 11) is 1.69. The monoisotopic (exact) mass is 426 g/mol. The molecule has 0 aliphatic heterocycles. The molecule has 2 aliphatic rings. The van der Waals surface area contributed by atoms with Gasteiger partial charge in [0, 0.05) is 0 Å². The first kappa shape index (κ1) is 20.5. The van der Waals surface area contributed by atoms with Gasteiger partial charge in [0.2, 0.25) is 0 Å². The van der Waals surface area contributed by atoms with Crippen LogP contribution in [0.2, 0.25) is 0 Å². The lowest BCUT2D eigenvalue weighted by atomic mass is 9.75. The maximum absolute atomic E-state index is 12.9. The van der Waals surface area contributed by atoms with Gasteiger partial charge in [-0.2, -0.15) is 0 Å². The average Bonchev–Trinajstić information content (AvgIpc) is 3.18. The molecule has 3 aromatic rings. The highest BCUT2D eigenvalue weighted by molar-refractivity contribution is 5.90. The number of hydrogen-bond acceptors (Lipinski definition) is 4. The maximum atomic E-state index is 12.9. The Hall–Kier alpha value is -3.40. The Morgan fingerprint density at radius 1 is 0.906 bits per heavy atom. The van der Waals surface area contributed by atoms with Crippen LogP contribution in [0, 0.1) is 17.8 Å². The second kappa shape index (κ2) is 8.62. The van der Waals surface area contributed by atoms with Crippen LogP contribution in [0.25, 0.3) is 11.1 Å². The van der Waals surface area contributed by atoms with Crippen molar-refractivity contribution in [2.75, 3.05) is 7.11 Å². The molecule has 0 heterocycles. The molecule has 2 aliphatic carbocycles. The number of rotatable bonds is 5. The van der Waals surface area contributed by atoms with E-state index in [-0.39, 0.29) is 23.9 Å². The molecule has 1 fully saturated rings. The van der Waals surface area contributed by atoms with Crippen molar-refractivity contribution in [2.24, 2.45) is 17.8 Å². The average molecular weight is 427 g/mol. The molecule has 0 radical (unpaired) electrons. The summed E-state index contributed by atoms with van der Waals surface area (Å²) in [5.41, 5.74) is 5.12. The summed E-state index contributed by atoms with van der Waals surface area (Å²) < 4.78 is 11.4. The van der Waals surface area contributed by atoms with Crippen molar-refractivity contribution in [3.8, 4) is 16.9 Å². The topological polar surface area (TPSA) is 52.6 Å². The van der Waals surface area contributed by atoms with Crippen molar-refractivity contribution in [2.45, 2.75) is 25.4 Å². The summed E-state index contributed by atoms with van der Waals surface area (Å²) in [6.45, 7) is 0. The van der Waals surface area contributed by atoms with Crippen molar-refractivity contribution < 1.29 is 19.1 Å². The molecule has 162 valence electrons. The minimum Gasteiger partial charge on any atom is -0.496 e. The molecule has 0 unspecified atom stereocenters. The molecule has 3 aromatic carbocycles. The van der Waals surface area contributed by atoms with Gasteiger partial charge in [-0.15, -0.1) is 0 Å². The number of benzene rings is 3. The number of hydrogen-bond donors (Lipinski definition) is 0. The Kier molecular flexibility index (Phi) is 5.52. The Labute approximate surface area is 188 Å². The van der Waals surface area contributed by atoms with E-state index in [1.165, 1.54) is 11.1 Å². The maximum Gasteiger partial charge on any atom is 0.338 e. The van der Waals surface area contributed by atoms with Gasteiger partial charge in [0.1, 0.15) is 18.1 Å². The molecular weight excluding hydrogens is 400 g/mol. The van der Waals surface area contributed by atoms with E-state index in [4.69, 9.17) is 9.47 Å². The van der Waals surface area contributed by atoms with Crippen molar-refractivity contribution in [3.63, 3.8) is 0 Å². The fourth-order valence-electron chi connectivity index (χ4n) is 5.45. The molecular formula is C28H26O4. The fourth-order valence-corrected chi connectivity index (χ4v) is 5.45. The first-order valence-corrected chi connectivity index (χ1v) is 11.1. The van der Waals surface area contributed by atoms with Crippen LogP contribution in [0.15, 0.2) is 72.8 Å². The third-order valence-electron chi connectivity index (χ3n) is 7.08. The third-order valence-corrected chi connectivity index (χ3v) is 7.08. The summed E-state index contributed by atoms with van der Waals surface area (Å²) in [4.78, 5) is 24.9. The highest BCUT2D eigenvalue weighted by atomic mass is 16.5. The number of esters is 1. The predicted octanol–water partition coefficient (Wildman–Crippen LogP) is 5.14. The standard InChI is InChI=1S/C28H26O4/c1-31-26-9-5-8-21-14-23-22(15-24(21)26)16-27(25(23)17-29)32-28(30)20-12-10-19(11-13-20)18-6-3-2-4-7-18/h2-13,17,22-23,25,27H,14-16H2,1H3/t22-,23-,25+,27+/m0/s1. The van der Waals surface area contributed by atoms with E-state index < -0.39 is 0 Å². The number of fused-ring (bicyclic) bond motifs is 2. The molecule has 32 heavy (non-hydrogen) atoms. The SMILES string of the molecule is COc1cccc2c1C[C@H]1C[C@@H](OC(=O)c3ccc(-c4ccccc4)cc3)[C@H](C=O)[C@H]1C2. The van der Waals surface area contributed by atoms with Crippen molar-refractivity contribution in [1.82, 2.24) is 0 Å². The molecule has 0 saturated heterocycles. The van der Waals surface area contributed by atoms with E-state index in [9.17, 15) is 9.59 Å². The molecule has 4 heteroatoms. The van der Waals surface area contributed by atoms with E-state index in [0.717, 1.165) is 36.0 Å². The zero-order chi connectivity index (χ0) is 22.1. The van der Waals surface area contributed by atoms with Gasteiger partial charge in [0.25, 0.3) is 0 Å². The van der Waals surface area contributed by atoms with Crippen LogP contribution in [0.1, 0.15) is 27.9 Å². The Morgan fingerprint density at radius 2 is 1.66 bits per heavy atom. The minimum atomic E-state index is -0.385. The molecule has 0 aromatic heterocycles.